The zero-order chi connectivity index (χ0) is 15.8. The van der Waals surface area contributed by atoms with Crippen molar-refractivity contribution in [3.63, 3.8) is 0 Å². The van der Waals surface area contributed by atoms with E-state index in [-0.39, 0.29) is 32.0 Å². The molecule has 1 aromatic rings. The Kier molecular flexibility index (Phi) is 6.45. The van der Waals surface area contributed by atoms with E-state index in [2.05, 4.69) is 10.3 Å². The zero-order valence-electron chi connectivity index (χ0n) is 12.4. The Morgan fingerprint density at radius 1 is 1.14 bits per heavy atom. The summed E-state index contributed by atoms with van der Waals surface area (Å²) in [7, 11) is 0. The van der Waals surface area contributed by atoms with Gasteiger partial charge in [0.05, 0.1) is 25.3 Å². The second kappa shape index (κ2) is 8.08. The van der Waals surface area contributed by atoms with Crippen LogP contribution in [-0.4, -0.2) is 36.0 Å². The van der Waals surface area contributed by atoms with Gasteiger partial charge in [-0.1, -0.05) is 0 Å². The summed E-state index contributed by atoms with van der Waals surface area (Å²) < 4.78 is 9.68. The molecule has 0 unspecified atom stereocenters. The van der Waals surface area contributed by atoms with Crippen molar-refractivity contribution in [1.82, 2.24) is 4.98 Å². The molecule has 0 bridgehead atoms. The van der Waals surface area contributed by atoms with Gasteiger partial charge in [0.15, 0.2) is 0 Å². The number of carbonyl (C=O) groups excluding carboxylic acids is 3. The van der Waals surface area contributed by atoms with E-state index in [0.29, 0.717) is 16.9 Å². The van der Waals surface area contributed by atoms with E-state index in [1.165, 1.54) is 6.20 Å². The Morgan fingerprint density at radius 3 is 2.43 bits per heavy atom. The first-order chi connectivity index (χ1) is 9.99. The molecule has 7 heteroatoms. The number of ether oxygens (including phenoxy) is 2. The average molecular weight is 296 g/mol. The number of hydrogen-bond donors (Lipinski definition) is 2. The van der Waals surface area contributed by atoms with Crippen LogP contribution in [0.3, 0.4) is 0 Å². The van der Waals surface area contributed by atoms with Crippen LogP contribution in [0.5, 0.6) is 0 Å². The molecule has 0 aliphatic heterocycles. The van der Waals surface area contributed by atoms with E-state index >= 15 is 0 Å². The molecule has 0 spiro atoms. The van der Waals surface area contributed by atoms with Crippen molar-refractivity contribution in [3.05, 3.63) is 17.5 Å². The van der Waals surface area contributed by atoms with Gasteiger partial charge in [-0.05, 0) is 20.8 Å². The van der Waals surface area contributed by atoms with Crippen molar-refractivity contribution < 1.29 is 23.9 Å². The molecule has 1 amide bonds. The predicted molar refractivity (Wildman–Crippen MR) is 76.0 cm³/mol. The van der Waals surface area contributed by atoms with Gasteiger partial charge in [0, 0.05) is 18.3 Å². The minimum Gasteiger partial charge on any atom is -0.466 e. The lowest BCUT2D eigenvalue weighted by Gasteiger charge is -2.07. The molecule has 1 rings (SSSR count). The summed E-state index contributed by atoms with van der Waals surface area (Å²) in [5.41, 5.74) is 1.25. The van der Waals surface area contributed by atoms with E-state index < -0.39 is 11.9 Å². The number of nitrogens with one attached hydrogen (secondary N) is 2. The van der Waals surface area contributed by atoms with Gasteiger partial charge < -0.3 is 19.8 Å². The molecule has 0 aliphatic rings. The molecule has 2 N–H and O–H groups in total. The van der Waals surface area contributed by atoms with Crippen LogP contribution in [0.2, 0.25) is 0 Å². The number of rotatable bonds is 7. The molecule has 116 valence electrons. The number of aromatic nitrogens is 1. The summed E-state index contributed by atoms with van der Waals surface area (Å²) in [6, 6.07) is 0. The molecule has 21 heavy (non-hydrogen) atoms. The summed E-state index contributed by atoms with van der Waals surface area (Å²) in [4.78, 5) is 37.6. The number of H-pyrrole nitrogens is 1. The maximum atomic E-state index is 11.8. The molecule has 0 radical (unpaired) electrons. The van der Waals surface area contributed by atoms with Crippen molar-refractivity contribution in [3.8, 4) is 0 Å². The predicted octanol–water partition coefficient (Wildman–Crippen LogP) is 1.78. The van der Waals surface area contributed by atoms with Crippen molar-refractivity contribution in [1.29, 1.82) is 0 Å². The van der Waals surface area contributed by atoms with Crippen LogP contribution in [0.25, 0.3) is 0 Å². The topological polar surface area (TPSA) is 97.5 Å². The number of carbonyl (C=O) groups is 3. The lowest BCUT2D eigenvalue weighted by molar-refractivity contribution is -0.144. The Hall–Kier alpha value is -2.31. The molecule has 0 aromatic carbocycles. The molecule has 0 fully saturated rings. The van der Waals surface area contributed by atoms with E-state index in [1.54, 1.807) is 20.8 Å². The summed E-state index contributed by atoms with van der Waals surface area (Å²) in [5, 5.41) is 2.59. The molecule has 1 aromatic heterocycles. The zero-order valence-corrected chi connectivity index (χ0v) is 12.4. The monoisotopic (exact) mass is 296 g/mol. The molecule has 1 heterocycles. The standard InChI is InChI=1S/C14H20N2O5/c1-4-20-12(18)7-6-11(17)16-10-8-15-9(3)13(10)14(19)21-5-2/h8,15H,4-7H2,1-3H3,(H,16,17). The molecule has 0 saturated carbocycles. The first-order valence-electron chi connectivity index (χ1n) is 6.80. The summed E-state index contributed by atoms with van der Waals surface area (Å²) in [6.07, 6.45) is 1.51. The number of anilines is 1. The third-order valence-electron chi connectivity index (χ3n) is 2.69. The minimum absolute atomic E-state index is 0.00216. The Morgan fingerprint density at radius 2 is 1.81 bits per heavy atom. The van der Waals surface area contributed by atoms with Gasteiger partial charge in [-0.15, -0.1) is 0 Å². The lowest BCUT2D eigenvalue weighted by atomic mass is 10.2. The number of esters is 2. The summed E-state index contributed by atoms with van der Waals surface area (Å²) in [5.74, 6) is -1.30. The molecule has 0 saturated heterocycles. The molecular weight excluding hydrogens is 276 g/mol. The maximum Gasteiger partial charge on any atom is 0.342 e. The molecule has 7 nitrogen and oxygen atoms in total. The van der Waals surface area contributed by atoms with Crippen molar-refractivity contribution >= 4 is 23.5 Å². The fraction of sp³-hybridized carbons (Fsp3) is 0.500. The van der Waals surface area contributed by atoms with Crippen molar-refractivity contribution in [2.24, 2.45) is 0 Å². The van der Waals surface area contributed by atoms with Gasteiger partial charge in [0.25, 0.3) is 0 Å². The van der Waals surface area contributed by atoms with Gasteiger partial charge in [-0.3, -0.25) is 9.59 Å². The fourth-order valence-corrected chi connectivity index (χ4v) is 1.75. The normalized spacial score (nSPS) is 10.0. The largest absolute Gasteiger partial charge is 0.466 e. The number of amides is 1. The van der Waals surface area contributed by atoms with Crippen LogP contribution in [0.4, 0.5) is 5.69 Å². The highest BCUT2D eigenvalue weighted by Gasteiger charge is 2.19. The number of aromatic amines is 1. The van der Waals surface area contributed by atoms with Gasteiger partial charge >= 0.3 is 11.9 Å². The van der Waals surface area contributed by atoms with Crippen LogP contribution in [0.1, 0.15) is 42.7 Å². The highest BCUT2D eigenvalue weighted by molar-refractivity contribution is 6.02. The SMILES string of the molecule is CCOC(=O)CCC(=O)Nc1c[nH]c(C)c1C(=O)OCC. The first-order valence-corrected chi connectivity index (χ1v) is 6.80. The minimum atomic E-state index is -0.503. The first kappa shape index (κ1) is 16.7. The Balaban J connectivity index is 2.64. The third-order valence-corrected chi connectivity index (χ3v) is 2.69. The Bertz CT molecular complexity index is 521. The van der Waals surface area contributed by atoms with Crippen LogP contribution >= 0.6 is 0 Å². The van der Waals surface area contributed by atoms with Crippen LogP contribution in [-0.2, 0) is 19.1 Å². The van der Waals surface area contributed by atoms with E-state index in [4.69, 9.17) is 9.47 Å². The van der Waals surface area contributed by atoms with E-state index in [9.17, 15) is 14.4 Å². The quantitative estimate of drug-likeness (QED) is 0.747. The third kappa shape index (κ3) is 4.94. The smallest absolute Gasteiger partial charge is 0.342 e. The second-order valence-corrected chi connectivity index (χ2v) is 4.28. The van der Waals surface area contributed by atoms with E-state index in [0.717, 1.165) is 0 Å². The van der Waals surface area contributed by atoms with Gasteiger partial charge in [0.2, 0.25) is 5.91 Å². The highest BCUT2D eigenvalue weighted by Crippen LogP contribution is 2.20. The number of aryl methyl sites for hydroxylation is 1. The lowest BCUT2D eigenvalue weighted by Crippen LogP contribution is -2.16. The van der Waals surface area contributed by atoms with Gasteiger partial charge in [0.1, 0.15) is 5.56 Å². The molecule has 0 atom stereocenters. The van der Waals surface area contributed by atoms with Crippen molar-refractivity contribution in [2.45, 2.75) is 33.6 Å². The highest BCUT2D eigenvalue weighted by atomic mass is 16.5. The Labute approximate surface area is 123 Å². The molecular formula is C14H20N2O5. The summed E-state index contributed by atoms with van der Waals surface area (Å²) >= 11 is 0. The number of hydrogen-bond acceptors (Lipinski definition) is 5. The van der Waals surface area contributed by atoms with E-state index in [1.807, 2.05) is 0 Å². The summed E-state index contributed by atoms with van der Waals surface area (Å²) in [6.45, 7) is 5.65. The van der Waals surface area contributed by atoms with Gasteiger partial charge in [-0.2, -0.15) is 0 Å². The van der Waals surface area contributed by atoms with Crippen LogP contribution < -0.4 is 5.32 Å². The van der Waals surface area contributed by atoms with Crippen LogP contribution in [0.15, 0.2) is 6.20 Å². The second-order valence-electron chi connectivity index (χ2n) is 4.28. The van der Waals surface area contributed by atoms with Crippen LogP contribution in [0, 0.1) is 6.92 Å². The van der Waals surface area contributed by atoms with Gasteiger partial charge in [-0.25, -0.2) is 4.79 Å². The molecule has 0 aliphatic carbocycles. The maximum absolute atomic E-state index is 11.8. The van der Waals surface area contributed by atoms with Crippen molar-refractivity contribution in [2.75, 3.05) is 18.5 Å². The average Bonchev–Trinajstić information content (AvgIpc) is 2.78. The fourth-order valence-electron chi connectivity index (χ4n) is 1.75.